The number of fused-ring (bicyclic) bond motifs is 1. The minimum Gasteiger partial charge on any atom is -0.444 e. The van der Waals surface area contributed by atoms with Crippen molar-refractivity contribution in [3.63, 3.8) is 0 Å². The number of aromatic nitrogens is 6. The lowest BCUT2D eigenvalue weighted by atomic mass is 10.0. The molecule has 1 aliphatic carbocycles. The number of imidazole rings is 1. The molecular weight excluding hydrogens is 864 g/mol. The van der Waals surface area contributed by atoms with Crippen molar-refractivity contribution in [2.75, 3.05) is 22.5 Å². The summed E-state index contributed by atoms with van der Waals surface area (Å²) in [5, 5.41) is 14.5. The Labute approximate surface area is 373 Å². The highest BCUT2D eigenvalue weighted by molar-refractivity contribution is 6.25. The first-order valence-electron chi connectivity index (χ1n) is 21.2. The van der Waals surface area contributed by atoms with Crippen LogP contribution in [-0.4, -0.2) is 82.1 Å². The van der Waals surface area contributed by atoms with Gasteiger partial charge in [0.2, 0.25) is 17.7 Å². The largest absolute Gasteiger partial charge is 0.444 e. The van der Waals surface area contributed by atoms with Gasteiger partial charge in [-0.3, -0.25) is 39.0 Å². The molecule has 0 radical (unpaired) electrons. The Morgan fingerprint density at radius 2 is 1.73 bits per heavy atom. The zero-order valence-electron chi connectivity index (χ0n) is 34.9. The van der Waals surface area contributed by atoms with Crippen molar-refractivity contribution in [3.8, 4) is 17.1 Å². The summed E-state index contributed by atoms with van der Waals surface area (Å²) in [4.78, 5) is 90.6. The Kier molecular flexibility index (Phi) is 11.7. The minimum absolute atomic E-state index is 0.0185. The van der Waals surface area contributed by atoms with Crippen LogP contribution in [0.3, 0.4) is 0 Å². The van der Waals surface area contributed by atoms with Crippen LogP contribution in [0.1, 0.15) is 97.9 Å². The Hall–Kier alpha value is -7.97. The number of pyridine rings is 1. The number of ketones is 1. The number of oxazole rings is 1. The first-order chi connectivity index (χ1) is 31.8. The maximum atomic E-state index is 14.1. The van der Waals surface area contributed by atoms with E-state index in [1.54, 1.807) is 36.8 Å². The Morgan fingerprint density at radius 1 is 0.909 bits per heavy atom. The Balaban J connectivity index is 0.757. The van der Waals surface area contributed by atoms with Gasteiger partial charge in [-0.25, -0.2) is 19.6 Å². The highest BCUT2D eigenvalue weighted by Gasteiger charge is 2.45. The zero-order chi connectivity index (χ0) is 46.1. The van der Waals surface area contributed by atoms with Gasteiger partial charge in [0, 0.05) is 55.1 Å². The number of Topliss-reactive ketones (excluding diaryl/α,β-unsaturated/α-hetero) is 1. The average Bonchev–Trinajstić information content (AvgIpc) is 3.60. The number of imide groups is 2. The molecule has 2 fully saturated rings. The average molecular weight is 904 g/mol. The number of nitrogens with zero attached hydrogens (tertiary/aromatic N) is 7. The number of rotatable bonds is 17. The van der Waals surface area contributed by atoms with Gasteiger partial charge in [0.25, 0.3) is 17.7 Å². The van der Waals surface area contributed by atoms with Crippen molar-refractivity contribution >= 4 is 52.5 Å². The van der Waals surface area contributed by atoms with Crippen LogP contribution in [0.15, 0.2) is 90.2 Å². The lowest BCUT2D eigenvalue weighted by Gasteiger charge is -2.27. The quantitative estimate of drug-likeness (QED) is 0.0450. The first-order valence-corrected chi connectivity index (χ1v) is 21.2. The molecule has 5 amide bonds. The molecule has 0 spiro atoms. The number of carbonyl (C=O) groups is 6. The smallest absolute Gasteiger partial charge is 0.437 e. The van der Waals surface area contributed by atoms with Crippen molar-refractivity contribution in [1.29, 1.82) is 0 Å². The molecule has 4 N–H and O–H groups in total. The highest BCUT2D eigenvalue weighted by Crippen LogP contribution is 2.36. The fraction of sp³-hybridized carbons (Fsp3) is 0.289. The number of carbonyl (C=O) groups excluding carboxylic acids is 6. The highest BCUT2D eigenvalue weighted by atomic mass is 19.4. The fourth-order valence-corrected chi connectivity index (χ4v) is 7.73. The van der Waals surface area contributed by atoms with Crippen molar-refractivity contribution in [1.82, 2.24) is 39.5 Å². The SMILES string of the molecule is O=C1CCC(N2C(=O)c3cccc(NCc4cn(CCCCC(=O)c5ccc(-n6cc(NC(=O)c7coc(-c8ccnc(NCC9CC9)c8)n7)c(C(F)(F)F)n6)cc5)cn4)c3C2=O)C(=O)N1. The lowest BCUT2D eigenvalue weighted by Crippen LogP contribution is -2.54. The Bertz CT molecular complexity index is 2880. The fourth-order valence-electron chi connectivity index (χ4n) is 7.73. The van der Waals surface area contributed by atoms with Crippen LogP contribution in [0.4, 0.5) is 30.4 Å². The summed E-state index contributed by atoms with van der Waals surface area (Å²) in [7, 11) is 0. The van der Waals surface area contributed by atoms with Crippen LogP contribution in [0, 0.1) is 5.92 Å². The van der Waals surface area contributed by atoms with Gasteiger partial charge in [0.05, 0.1) is 47.3 Å². The molecule has 1 saturated carbocycles. The van der Waals surface area contributed by atoms with E-state index in [4.69, 9.17) is 4.42 Å². The number of amides is 5. The van der Waals surface area contributed by atoms with Gasteiger partial charge in [-0.2, -0.15) is 18.3 Å². The van der Waals surface area contributed by atoms with Gasteiger partial charge >= 0.3 is 6.18 Å². The van der Waals surface area contributed by atoms with E-state index >= 15 is 0 Å². The summed E-state index contributed by atoms with van der Waals surface area (Å²) in [6.07, 6.45) is 5.96. The predicted octanol–water partition coefficient (Wildman–Crippen LogP) is 6.28. The molecule has 4 aromatic heterocycles. The van der Waals surface area contributed by atoms with Crippen molar-refractivity contribution in [2.24, 2.45) is 5.92 Å². The molecular formula is C45H40F3N11O7. The van der Waals surface area contributed by atoms with Crippen molar-refractivity contribution in [2.45, 2.75) is 70.3 Å². The topological polar surface area (TPSA) is 228 Å². The van der Waals surface area contributed by atoms with Crippen LogP contribution in [-0.2, 0) is 28.9 Å². The van der Waals surface area contributed by atoms with E-state index in [1.165, 1.54) is 30.3 Å². The molecule has 66 heavy (non-hydrogen) atoms. The number of benzene rings is 2. The van der Waals surface area contributed by atoms with Gasteiger partial charge in [-0.1, -0.05) is 6.07 Å². The molecule has 18 nitrogen and oxygen atoms in total. The van der Waals surface area contributed by atoms with Gasteiger partial charge in [-0.05, 0) is 86.6 Å². The van der Waals surface area contributed by atoms with Gasteiger partial charge < -0.3 is 24.9 Å². The van der Waals surface area contributed by atoms with Gasteiger partial charge in [-0.15, -0.1) is 0 Å². The lowest BCUT2D eigenvalue weighted by molar-refractivity contribution is -0.140. The molecule has 0 bridgehead atoms. The van der Waals surface area contributed by atoms with Crippen molar-refractivity contribution in [3.05, 3.63) is 120 Å². The second-order valence-corrected chi connectivity index (χ2v) is 16.1. The number of unbranched alkanes of at least 4 members (excludes halogenated alkanes) is 1. The summed E-state index contributed by atoms with van der Waals surface area (Å²) in [5.74, 6) is -2.15. The number of alkyl halides is 3. The molecule has 338 valence electrons. The maximum absolute atomic E-state index is 14.1. The number of anilines is 3. The molecule has 6 heterocycles. The van der Waals surface area contributed by atoms with E-state index in [0.29, 0.717) is 53.6 Å². The number of hydrogen-bond acceptors (Lipinski definition) is 13. The minimum atomic E-state index is -4.91. The van der Waals surface area contributed by atoms with E-state index in [1.807, 2.05) is 10.8 Å². The number of piperidine rings is 1. The number of nitrogens with one attached hydrogen (secondary N) is 4. The summed E-state index contributed by atoms with van der Waals surface area (Å²) in [6, 6.07) is 13.0. The number of halogens is 3. The van der Waals surface area contributed by atoms with Crippen LogP contribution < -0.4 is 21.3 Å². The molecule has 6 aromatic rings. The predicted molar refractivity (Wildman–Crippen MR) is 228 cm³/mol. The van der Waals surface area contributed by atoms with Gasteiger partial charge in [0.15, 0.2) is 17.2 Å². The number of aryl methyl sites for hydroxylation is 1. The van der Waals surface area contributed by atoms with Crippen LogP contribution in [0.5, 0.6) is 0 Å². The third-order valence-corrected chi connectivity index (χ3v) is 11.4. The second kappa shape index (κ2) is 17.9. The Morgan fingerprint density at radius 3 is 2.50 bits per heavy atom. The van der Waals surface area contributed by atoms with Crippen LogP contribution in [0.2, 0.25) is 0 Å². The maximum Gasteiger partial charge on any atom is 0.437 e. The summed E-state index contributed by atoms with van der Waals surface area (Å²) in [6.45, 7) is 1.55. The van der Waals surface area contributed by atoms with Crippen molar-refractivity contribution < 1.29 is 46.4 Å². The van der Waals surface area contributed by atoms with Gasteiger partial charge in [0.1, 0.15) is 18.1 Å². The van der Waals surface area contributed by atoms with Crippen LogP contribution in [0.25, 0.3) is 17.1 Å². The first kappa shape index (κ1) is 43.3. The summed E-state index contributed by atoms with van der Waals surface area (Å²) >= 11 is 0. The molecule has 21 heteroatoms. The third kappa shape index (κ3) is 9.31. The third-order valence-electron chi connectivity index (χ3n) is 11.4. The molecule has 2 aliphatic heterocycles. The van der Waals surface area contributed by atoms with Crippen LogP contribution >= 0.6 is 0 Å². The molecule has 1 saturated heterocycles. The number of hydrogen-bond donors (Lipinski definition) is 4. The molecule has 3 aliphatic rings. The molecule has 9 rings (SSSR count). The second-order valence-electron chi connectivity index (χ2n) is 16.1. The van der Waals surface area contributed by atoms with E-state index < -0.39 is 53.1 Å². The monoisotopic (exact) mass is 903 g/mol. The summed E-state index contributed by atoms with van der Waals surface area (Å²) < 4.78 is 50.6. The molecule has 2 aromatic carbocycles. The standard InChI is InChI=1S/C45H40F3N11O7/c46-45(47,48)39-32(53-40(62)33-23-66-42(54-33)27-15-16-49-36(18-27)51-19-25-7-8-25)22-58(56-39)29-11-9-26(10-12-29)35(60)6-1-2-17-57-21-28(52-24-57)20-50-31-5-3-4-30-38(31)44(65)59(43(30)64)34-13-14-37(61)55-41(34)63/h3-5,9-12,15-16,18,21-25,34,50H,1-2,6-8,13-14,17,19-20H2,(H,49,51)(H,53,62)(H,55,61,63). The van der Waals surface area contributed by atoms with E-state index in [-0.39, 0.29) is 60.0 Å². The molecule has 1 unspecified atom stereocenters. The summed E-state index contributed by atoms with van der Waals surface area (Å²) in [5.41, 5.74) is 0.304. The van der Waals surface area contributed by atoms with E-state index in [2.05, 4.69) is 41.3 Å². The van der Waals surface area contributed by atoms with E-state index in [9.17, 15) is 41.9 Å². The van der Waals surface area contributed by atoms with E-state index in [0.717, 1.165) is 41.4 Å². The normalized spacial score (nSPS) is 16.0. The molecule has 1 atom stereocenters. The zero-order valence-corrected chi connectivity index (χ0v) is 34.9.